The molecule has 0 saturated carbocycles. The summed E-state index contributed by atoms with van der Waals surface area (Å²) >= 11 is 15.4. The maximum absolute atomic E-state index is 11.0. The van der Waals surface area contributed by atoms with E-state index in [0.29, 0.717) is 20.9 Å². The zero-order chi connectivity index (χ0) is 15.7. The van der Waals surface area contributed by atoms with Crippen molar-refractivity contribution in [1.82, 2.24) is 0 Å². The summed E-state index contributed by atoms with van der Waals surface area (Å²) in [5, 5.41) is 1.24. The number of rotatable bonds is 5. The Morgan fingerprint density at radius 3 is 2.76 bits per heavy atom. The van der Waals surface area contributed by atoms with Crippen LogP contribution in [0.1, 0.15) is 5.56 Å². The molecule has 1 aromatic carbocycles. The standard InChI is InChI=1S/C12H13BrCl2O5S/c1-21(16,17)19-6-9-5-18-12(7-13,20-9)10-3-2-8(14)4-11(10)15/h2-4,9H,5-7H2,1H3/t9-,12-/m1/s1. The third-order valence-electron chi connectivity index (χ3n) is 2.84. The molecule has 5 nitrogen and oxygen atoms in total. The van der Waals surface area contributed by atoms with Crippen molar-refractivity contribution in [3.63, 3.8) is 0 Å². The minimum absolute atomic E-state index is 0.112. The average molecular weight is 420 g/mol. The van der Waals surface area contributed by atoms with E-state index in [2.05, 4.69) is 15.9 Å². The van der Waals surface area contributed by atoms with Gasteiger partial charge < -0.3 is 9.47 Å². The molecule has 2 atom stereocenters. The third-order valence-corrected chi connectivity index (χ3v) is 4.70. The lowest BCUT2D eigenvalue weighted by Gasteiger charge is -2.27. The monoisotopic (exact) mass is 418 g/mol. The summed E-state index contributed by atoms with van der Waals surface area (Å²) in [6.07, 6.45) is 0.473. The van der Waals surface area contributed by atoms with Crippen LogP contribution in [0, 0.1) is 0 Å². The fourth-order valence-electron chi connectivity index (χ4n) is 1.93. The smallest absolute Gasteiger partial charge is 0.264 e. The number of hydrogen-bond acceptors (Lipinski definition) is 5. The molecule has 1 aliphatic heterocycles. The van der Waals surface area contributed by atoms with Gasteiger partial charge in [0.25, 0.3) is 10.1 Å². The fraction of sp³-hybridized carbons (Fsp3) is 0.500. The average Bonchev–Trinajstić information content (AvgIpc) is 2.80. The lowest BCUT2D eigenvalue weighted by Crippen LogP contribution is -2.31. The second-order valence-electron chi connectivity index (χ2n) is 4.55. The van der Waals surface area contributed by atoms with Crippen molar-refractivity contribution >= 4 is 49.2 Å². The first-order chi connectivity index (χ1) is 9.76. The summed E-state index contributed by atoms with van der Waals surface area (Å²) in [7, 11) is -3.52. The van der Waals surface area contributed by atoms with Crippen LogP contribution in [0.25, 0.3) is 0 Å². The minimum Gasteiger partial charge on any atom is -0.342 e. The van der Waals surface area contributed by atoms with Gasteiger partial charge >= 0.3 is 0 Å². The van der Waals surface area contributed by atoms with Crippen molar-refractivity contribution in [3.8, 4) is 0 Å². The van der Waals surface area contributed by atoms with Crippen molar-refractivity contribution in [1.29, 1.82) is 0 Å². The predicted molar refractivity (Wildman–Crippen MR) is 83.6 cm³/mol. The van der Waals surface area contributed by atoms with E-state index in [1.54, 1.807) is 18.2 Å². The van der Waals surface area contributed by atoms with Gasteiger partial charge in [0.1, 0.15) is 6.10 Å². The zero-order valence-corrected chi connectivity index (χ0v) is 14.9. The highest BCUT2D eigenvalue weighted by Crippen LogP contribution is 2.40. The van der Waals surface area contributed by atoms with Gasteiger partial charge in [0, 0.05) is 10.6 Å². The molecular formula is C12H13BrCl2O5S. The van der Waals surface area contributed by atoms with Gasteiger partial charge in [0.05, 0.1) is 29.8 Å². The van der Waals surface area contributed by atoms with E-state index in [9.17, 15) is 8.42 Å². The molecule has 1 saturated heterocycles. The Labute approximate surface area is 141 Å². The van der Waals surface area contributed by atoms with Gasteiger partial charge in [-0.15, -0.1) is 0 Å². The molecule has 0 radical (unpaired) electrons. The Balaban J connectivity index is 2.17. The highest BCUT2D eigenvalue weighted by Gasteiger charge is 2.44. The van der Waals surface area contributed by atoms with Crippen molar-refractivity contribution in [2.75, 3.05) is 24.8 Å². The molecule has 0 N–H and O–H groups in total. The molecule has 9 heteroatoms. The van der Waals surface area contributed by atoms with E-state index >= 15 is 0 Å². The largest absolute Gasteiger partial charge is 0.342 e. The van der Waals surface area contributed by atoms with Crippen molar-refractivity contribution in [3.05, 3.63) is 33.8 Å². The normalized spacial score (nSPS) is 26.2. The number of benzene rings is 1. The molecule has 1 aromatic rings. The second-order valence-corrected chi connectivity index (χ2v) is 7.60. The second kappa shape index (κ2) is 6.70. The summed E-state index contributed by atoms with van der Waals surface area (Å²) in [5.74, 6) is -1.09. The molecule has 21 heavy (non-hydrogen) atoms. The van der Waals surface area contributed by atoms with Crippen LogP contribution < -0.4 is 0 Å². The Bertz CT molecular complexity index is 624. The number of hydrogen-bond donors (Lipinski definition) is 0. The van der Waals surface area contributed by atoms with Crippen LogP contribution >= 0.6 is 39.1 Å². The van der Waals surface area contributed by atoms with Crippen molar-refractivity contribution in [2.24, 2.45) is 0 Å². The van der Waals surface area contributed by atoms with Gasteiger partial charge in [-0.3, -0.25) is 4.18 Å². The fourth-order valence-corrected chi connectivity index (χ4v) is 3.48. The molecule has 0 aliphatic carbocycles. The SMILES string of the molecule is CS(=O)(=O)OC[C@H]1CO[C@@](CBr)(c2ccc(Cl)cc2Cl)O1. The first kappa shape index (κ1) is 17.5. The Morgan fingerprint density at radius 1 is 1.48 bits per heavy atom. The van der Waals surface area contributed by atoms with Gasteiger partial charge in [-0.05, 0) is 12.1 Å². The maximum Gasteiger partial charge on any atom is 0.264 e. The number of alkyl halides is 1. The van der Waals surface area contributed by atoms with E-state index in [0.717, 1.165) is 6.26 Å². The van der Waals surface area contributed by atoms with Crippen LogP contribution in [0.15, 0.2) is 18.2 Å². The van der Waals surface area contributed by atoms with Crippen LogP contribution in [-0.4, -0.2) is 39.3 Å². The molecule has 118 valence electrons. The lowest BCUT2D eigenvalue weighted by molar-refractivity contribution is -0.159. The molecule has 1 fully saturated rings. The Kier molecular flexibility index (Phi) is 5.57. The topological polar surface area (TPSA) is 61.8 Å². The van der Waals surface area contributed by atoms with E-state index in [1.165, 1.54) is 0 Å². The summed E-state index contributed by atoms with van der Waals surface area (Å²) in [5.41, 5.74) is 0.618. The van der Waals surface area contributed by atoms with E-state index in [1.807, 2.05) is 0 Å². The predicted octanol–water partition coefficient (Wildman–Crippen LogP) is 2.93. The molecule has 0 amide bonds. The van der Waals surface area contributed by atoms with Gasteiger partial charge in [0.15, 0.2) is 0 Å². The number of ether oxygens (including phenoxy) is 2. The maximum atomic E-state index is 11.0. The zero-order valence-electron chi connectivity index (χ0n) is 11.0. The van der Waals surface area contributed by atoms with E-state index in [-0.39, 0.29) is 13.2 Å². The highest BCUT2D eigenvalue weighted by atomic mass is 79.9. The Hall–Kier alpha value is 0.110. The lowest BCUT2D eigenvalue weighted by atomic mass is 10.1. The highest BCUT2D eigenvalue weighted by molar-refractivity contribution is 9.09. The quantitative estimate of drug-likeness (QED) is 0.542. The van der Waals surface area contributed by atoms with Crippen LogP contribution in [0.2, 0.25) is 10.0 Å². The van der Waals surface area contributed by atoms with Gasteiger partial charge in [-0.2, -0.15) is 8.42 Å². The van der Waals surface area contributed by atoms with Crippen molar-refractivity contribution < 1.29 is 22.1 Å². The first-order valence-corrected chi connectivity index (χ1v) is 9.63. The molecule has 1 aliphatic rings. The van der Waals surface area contributed by atoms with Crippen molar-refractivity contribution in [2.45, 2.75) is 11.9 Å². The Morgan fingerprint density at radius 2 is 2.19 bits per heavy atom. The molecule has 0 aromatic heterocycles. The van der Waals surface area contributed by atoms with Gasteiger partial charge in [0.2, 0.25) is 5.79 Å². The first-order valence-electron chi connectivity index (χ1n) is 5.93. The molecule has 1 heterocycles. The molecule has 0 unspecified atom stereocenters. The molecule has 0 bridgehead atoms. The van der Waals surface area contributed by atoms with Crippen LogP contribution in [-0.2, 0) is 29.6 Å². The molecular weight excluding hydrogens is 407 g/mol. The van der Waals surface area contributed by atoms with E-state index < -0.39 is 22.0 Å². The summed E-state index contributed by atoms with van der Waals surface area (Å²) in [6.45, 7) is 0.0822. The van der Waals surface area contributed by atoms with Gasteiger partial charge in [-0.25, -0.2) is 0 Å². The molecule has 0 spiro atoms. The molecule has 2 rings (SSSR count). The minimum atomic E-state index is -3.52. The summed E-state index contributed by atoms with van der Waals surface area (Å²) in [6, 6.07) is 4.99. The third kappa shape index (κ3) is 4.31. The summed E-state index contributed by atoms with van der Waals surface area (Å²) < 4.78 is 38.3. The van der Waals surface area contributed by atoms with Crippen LogP contribution in [0.3, 0.4) is 0 Å². The van der Waals surface area contributed by atoms with E-state index in [4.69, 9.17) is 36.9 Å². The number of halogens is 3. The summed E-state index contributed by atoms with van der Waals surface area (Å²) in [4.78, 5) is 0. The van der Waals surface area contributed by atoms with Gasteiger partial charge in [-0.1, -0.05) is 45.2 Å². The van der Waals surface area contributed by atoms with Crippen LogP contribution in [0.5, 0.6) is 0 Å². The van der Waals surface area contributed by atoms with Crippen LogP contribution in [0.4, 0.5) is 0 Å².